The molecule has 2 aliphatic rings. The first kappa shape index (κ1) is 22.3. The number of fused-ring (bicyclic) bond motifs is 1. The first-order valence-electron chi connectivity index (χ1n) is 12.0. The van der Waals surface area contributed by atoms with Crippen molar-refractivity contribution < 1.29 is 0 Å². The zero-order chi connectivity index (χ0) is 24.1. The third-order valence-electron chi connectivity index (χ3n) is 6.84. The lowest BCUT2D eigenvalue weighted by Gasteiger charge is -2.19. The van der Waals surface area contributed by atoms with Crippen LogP contribution in [0.4, 0.5) is 5.82 Å². The number of aromatic nitrogens is 5. The molecule has 1 atom stereocenters. The summed E-state index contributed by atoms with van der Waals surface area (Å²) in [5.41, 5.74) is 2.23. The quantitative estimate of drug-likeness (QED) is 0.363. The van der Waals surface area contributed by atoms with Crippen molar-refractivity contribution in [3.05, 3.63) is 56.0 Å². The molecule has 4 aromatic heterocycles. The van der Waals surface area contributed by atoms with E-state index in [1.165, 1.54) is 24.1 Å². The van der Waals surface area contributed by atoms with Crippen molar-refractivity contribution in [2.45, 2.75) is 37.9 Å². The second-order valence-electron chi connectivity index (χ2n) is 9.80. The summed E-state index contributed by atoms with van der Waals surface area (Å²) in [6, 6.07) is 7.62. The van der Waals surface area contributed by atoms with Crippen LogP contribution in [-0.2, 0) is 6.54 Å². The Kier molecular flexibility index (Phi) is 5.58. The lowest BCUT2D eigenvalue weighted by molar-refractivity contribution is 0.266. The molecule has 35 heavy (non-hydrogen) atoms. The van der Waals surface area contributed by atoms with Gasteiger partial charge in [0.2, 0.25) is 0 Å². The summed E-state index contributed by atoms with van der Waals surface area (Å²) in [5, 5.41) is 9.37. The van der Waals surface area contributed by atoms with E-state index in [9.17, 15) is 4.79 Å². The molecule has 1 saturated heterocycles. The van der Waals surface area contributed by atoms with Crippen LogP contribution in [0.1, 0.15) is 29.7 Å². The number of nitrogens with zero attached hydrogens (tertiary/aromatic N) is 5. The zero-order valence-corrected chi connectivity index (χ0v) is 20.9. The Morgan fingerprint density at radius 2 is 2.14 bits per heavy atom. The summed E-state index contributed by atoms with van der Waals surface area (Å²) < 4.78 is 1.85. The smallest absolute Gasteiger partial charge is 0.323 e. The van der Waals surface area contributed by atoms with Crippen LogP contribution in [0.25, 0.3) is 28.9 Å². The fourth-order valence-electron chi connectivity index (χ4n) is 4.66. The number of rotatable bonds is 7. The minimum absolute atomic E-state index is 0.275. The van der Waals surface area contributed by atoms with Crippen molar-refractivity contribution >= 4 is 35.5 Å². The van der Waals surface area contributed by atoms with Gasteiger partial charge in [-0.2, -0.15) is 9.61 Å². The molecule has 182 valence electrons. The van der Waals surface area contributed by atoms with E-state index in [1.807, 2.05) is 10.6 Å². The first-order valence-corrected chi connectivity index (χ1v) is 12.9. The molecule has 4 aromatic rings. The molecule has 5 heterocycles. The topological polar surface area (TPSA) is 97.3 Å². The second-order valence-corrected chi connectivity index (χ2v) is 11.0. The molecule has 0 radical (unpaired) electrons. The molecule has 1 aliphatic carbocycles. The number of anilines is 1. The average molecular weight is 491 g/mol. The van der Waals surface area contributed by atoms with E-state index < -0.39 is 0 Å². The molecule has 1 unspecified atom stereocenters. The van der Waals surface area contributed by atoms with E-state index in [4.69, 9.17) is 4.98 Å². The molecule has 6 rings (SSSR count). The van der Waals surface area contributed by atoms with Crippen LogP contribution in [-0.4, -0.2) is 73.6 Å². The fourth-order valence-corrected chi connectivity index (χ4v) is 5.67. The fraction of sp³-hybridized carbons (Fsp3) is 0.400. The maximum absolute atomic E-state index is 11.7. The van der Waals surface area contributed by atoms with Gasteiger partial charge in [0, 0.05) is 48.2 Å². The van der Waals surface area contributed by atoms with Crippen LogP contribution >= 0.6 is 11.3 Å². The van der Waals surface area contributed by atoms with Gasteiger partial charge in [-0.25, -0.2) is 9.78 Å². The average Bonchev–Trinajstić information content (AvgIpc) is 3.18. The van der Waals surface area contributed by atoms with E-state index >= 15 is 0 Å². The number of imidazole rings is 1. The number of hydrogen-bond donors (Lipinski definition) is 3. The van der Waals surface area contributed by atoms with Crippen LogP contribution in [0.2, 0.25) is 0 Å². The van der Waals surface area contributed by atoms with Crippen molar-refractivity contribution in [1.29, 1.82) is 0 Å². The van der Waals surface area contributed by atoms with Crippen LogP contribution in [0, 0.1) is 0 Å². The Morgan fingerprint density at radius 3 is 2.86 bits per heavy atom. The van der Waals surface area contributed by atoms with Crippen LogP contribution in [0.5, 0.6) is 0 Å². The van der Waals surface area contributed by atoms with Gasteiger partial charge in [-0.3, -0.25) is 4.90 Å². The third-order valence-corrected chi connectivity index (χ3v) is 7.93. The first-order chi connectivity index (χ1) is 16.9. The summed E-state index contributed by atoms with van der Waals surface area (Å²) in [5.74, 6) is 0.938. The summed E-state index contributed by atoms with van der Waals surface area (Å²) in [6.45, 7) is 7.14. The third kappa shape index (κ3) is 4.56. The van der Waals surface area contributed by atoms with Crippen molar-refractivity contribution in [2.75, 3.05) is 32.5 Å². The van der Waals surface area contributed by atoms with E-state index in [0.717, 1.165) is 47.2 Å². The molecule has 0 bridgehead atoms. The zero-order valence-electron chi connectivity index (χ0n) is 20.0. The van der Waals surface area contributed by atoms with Gasteiger partial charge >= 0.3 is 5.69 Å². The number of likely N-dealkylation sites (N-methyl/N-ethyl adjacent to an activating group) is 1. The number of likely N-dealkylation sites (tertiary alicyclic amines) is 1. The van der Waals surface area contributed by atoms with Gasteiger partial charge in [0.15, 0.2) is 5.65 Å². The maximum Gasteiger partial charge on any atom is 0.323 e. The standard InChI is InChI=1S/C25H30N8OS/c1-15-20(30-25(34)27-15)10-16-12-26-33-23(28-17-4-5-17)11-21(29-24(16)33)22-7-6-19(35-22)14-32-9-8-18(13-32)31(2)3/h6-7,10-12,17-18,28H,1,4-5,8-9,13-14H2,2-3H3,(H2,27,30,34)/b20-10-. The number of H-pyrrole nitrogens is 2. The largest absolute Gasteiger partial charge is 0.367 e. The Hall–Kier alpha value is -3.21. The summed E-state index contributed by atoms with van der Waals surface area (Å²) in [7, 11) is 4.33. The van der Waals surface area contributed by atoms with Crippen LogP contribution in [0.3, 0.4) is 0 Å². The van der Waals surface area contributed by atoms with Crippen LogP contribution < -0.4 is 21.7 Å². The lowest BCUT2D eigenvalue weighted by Crippen LogP contribution is -2.31. The number of aromatic amines is 2. The minimum Gasteiger partial charge on any atom is -0.367 e. The van der Waals surface area contributed by atoms with Crippen LogP contribution in [0.15, 0.2) is 29.2 Å². The van der Waals surface area contributed by atoms with Crippen molar-refractivity contribution in [2.24, 2.45) is 0 Å². The van der Waals surface area contributed by atoms with Crippen molar-refractivity contribution in [3.63, 3.8) is 0 Å². The van der Waals surface area contributed by atoms with Gasteiger partial charge in [-0.05, 0) is 51.6 Å². The van der Waals surface area contributed by atoms with Gasteiger partial charge in [0.25, 0.3) is 0 Å². The number of thiophene rings is 1. The SMILES string of the molecule is C=c1[nH]c(=O)[nH]/c1=C\c1cnn2c(NC3CC3)cc(-c3ccc(CN4CCC(N(C)C)C4)s3)nc12. The minimum atomic E-state index is -0.275. The highest BCUT2D eigenvalue weighted by molar-refractivity contribution is 7.15. The second kappa shape index (κ2) is 8.78. The Bertz CT molecular complexity index is 1540. The molecule has 10 heteroatoms. The summed E-state index contributed by atoms with van der Waals surface area (Å²) >= 11 is 1.80. The van der Waals surface area contributed by atoms with Crippen molar-refractivity contribution in [3.8, 4) is 10.6 Å². The van der Waals surface area contributed by atoms with Gasteiger partial charge in [0.05, 0.1) is 27.5 Å². The summed E-state index contributed by atoms with van der Waals surface area (Å²) in [4.78, 5) is 29.5. The van der Waals surface area contributed by atoms with Gasteiger partial charge in [-0.1, -0.05) is 6.58 Å². The number of nitrogens with one attached hydrogen (secondary N) is 3. The van der Waals surface area contributed by atoms with Gasteiger partial charge < -0.3 is 20.2 Å². The summed E-state index contributed by atoms with van der Waals surface area (Å²) in [6.07, 6.45) is 7.21. The molecule has 0 aromatic carbocycles. The molecule has 0 amide bonds. The molecule has 1 aliphatic heterocycles. The van der Waals surface area contributed by atoms with E-state index in [-0.39, 0.29) is 5.69 Å². The molecular formula is C25H30N8OS. The molecule has 9 nitrogen and oxygen atoms in total. The Morgan fingerprint density at radius 1 is 1.29 bits per heavy atom. The molecular weight excluding hydrogens is 460 g/mol. The number of hydrogen-bond acceptors (Lipinski definition) is 7. The monoisotopic (exact) mass is 490 g/mol. The molecule has 3 N–H and O–H groups in total. The predicted molar refractivity (Wildman–Crippen MR) is 140 cm³/mol. The van der Waals surface area contributed by atoms with Gasteiger partial charge in [-0.15, -0.1) is 11.3 Å². The Balaban J connectivity index is 1.35. The highest BCUT2D eigenvalue weighted by Crippen LogP contribution is 2.33. The molecule has 0 spiro atoms. The Labute approximate surface area is 206 Å². The highest BCUT2D eigenvalue weighted by Gasteiger charge is 2.25. The molecule has 2 fully saturated rings. The predicted octanol–water partition coefficient (Wildman–Crippen LogP) is 1.42. The maximum atomic E-state index is 11.7. The van der Waals surface area contributed by atoms with Gasteiger partial charge in [0.1, 0.15) is 5.82 Å². The van der Waals surface area contributed by atoms with E-state index in [1.54, 1.807) is 17.5 Å². The van der Waals surface area contributed by atoms with E-state index in [2.05, 4.69) is 69.1 Å². The highest BCUT2D eigenvalue weighted by atomic mass is 32.1. The van der Waals surface area contributed by atoms with E-state index in [0.29, 0.717) is 22.8 Å². The lowest BCUT2D eigenvalue weighted by atomic mass is 10.2. The molecule has 1 saturated carbocycles. The van der Waals surface area contributed by atoms with Crippen molar-refractivity contribution in [1.82, 2.24) is 34.4 Å². The normalized spacial score (nSPS) is 19.4.